The lowest BCUT2D eigenvalue weighted by molar-refractivity contribution is 0.279. The van der Waals surface area contributed by atoms with Crippen molar-refractivity contribution in [3.63, 3.8) is 0 Å². The van der Waals surface area contributed by atoms with Gasteiger partial charge in [0.15, 0.2) is 0 Å². The van der Waals surface area contributed by atoms with E-state index < -0.39 is 0 Å². The number of hydrazine groups is 1. The van der Waals surface area contributed by atoms with Gasteiger partial charge in [0.05, 0.1) is 19.9 Å². The Labute approximate surface area is 161 Å². The molecule has 0 atom stereocenters. The molecule has 0 aliphatic carbocycles. The summed E-state index contributed by atoms with van der Waals surface area (Å²) in [7, 11) is 3.14. The van der Waals surface area contributed by atoms with Gasteiger partial charge in [-0.3, -0.25) is 10.6 Å². The highest BCUT2D eigenvalue weighted by Crippen LogP contribution is 2.38. The zero-order valence-electron chi connectivity index (χ0n) is 15.0. The average molecular weight is 384 g/mol. The van der Waals surface area contributed by atoms with E-state index in [1.54, 1.807) is 31.4 Å². The molecule has 0 radical (unpaired) electrons. The van der Waals surface area contributed by atoms with E-state index in [1.807, 2.05) is 30.3 Å². The van der Waals surface area contributed by atoms with Crippen LogP contribution < -0.4 is 20.1 Å². The lowest BCUT2D eigenvalue weighted by Crippen LogP contribution is -2.24. The van der Waals surface area contributed by atoms with E-state index in [-0.39, 0.29) is 5.76 Å². The van der Waals surface area contributed by atoms with Gasteiger partial charge in [-0.1, -0.05) is 18.7 Å². The number of para-hydroxylation sites is 1. The zero-order valence-corrected chi connectivity index (χ0v) is 15.8. The molecule has 0 amide bonds. The van der Waals surface area contributed by atoms with Gasteiger partial charge in [-0.15, -0.1) is 11.3 Å². The summed E-state index contributed by atoms with van der Waals surface area (Å²) in [6.07, 6.45) is 0. The van der Waals surface area contributed by atoms with Crippen LogP contribution >= 0.6 is 11.3 Å². The number of rotatable bonds is 7. The van der Waals surface area contributed by atoms with E-state index in [1.165, 1.54) is 18.4 Å². The third-order valence-electron chi connectivity index (χ3n) is 3.93. The minimum absolute atomic E-state index is 0.0552. The Bertz CT molecular complexity index is 955. The Morgan fingerprint density at radius 3 is 2.48 bits per heavy atom. The molecule has 3 aromatic rings. The number of aliphatic hydroxyl groups excluding tert-OH is 1. The van der Waals surface area contributed by atoms with Crippen molar-refractivity contribution in [3.8, 4) is 21.9 Å². The highest BCUT2D eigenvalue weighted by atomic mass is 32.1. The molecular formula is C20H20N2O4S. The number of benzene rings is 2. The first-order valence-corrected chi connectivity index (χ1v) is 8.90. The third kappa shape index (κ3) is 3.99. The maximum Gasteiger partial charge on any atom is 0.144 e. The maximum absolute atomic E-state index is 10.4. The number of hydrogen-bond donors (Lipinski definition) is 3. The zero-order chi connectivity index (χ0) is 19.4. The molecule has 0 spiro atoms. The van der Waals surface area contributed by atoms with Gasteiger partial charge >= 0.3 is 0 Å². The van der Waals surface area contributed by atoms with Crippen LogP contribution in [0.5, 0.6) is 11.5 Å². The van der Waals surface area contributed by atoms with Gasteiger partial charge in [-0.05, 0) is 42.5 Å². The van der Waals surface area contributed by atoms with Crippen molar-refractivity contribution < 1.29 is 19.8 Å². The second-order valence-electron chi connectivity index (χ2n) is 5.62. The lowest BCUT2D eigenvalue weighted by atomic mass is 10.1. The fourth-order valence-corrected chi connectivity index (χ4v) is 3.47. The SMILES string of the molecule is C=C(O)c1ccc(NN(O)c2ccc(-c3ccccc3OC)s2)c(OC)c1. The van der Waals surface area contributed by atoms with E-state index in [0.717, 1.165) is 21.4 Å². The monoisotopic (exact) mass is 384 g/mol. The molecule has 3 rings (SSSR count). The Morgan fingerprint density at radius 1 is 1.04 bits per heavy atom. The number of ether oxygens (including phenoxy) is 2. The van der Waals surface area contributed by atoms with Gasteiger partial charge in [0.2, 0.25) is 0 Å². The van der Waals surface area contributed by atoms with Gasteiger partial charge in [0.25, 0.3) is 0 Å². The quantitative estimate of drug-likeness (QED) is 0.385. The first kappa shape index (κ1) is 18.6. The van der Waals surface area contributed by atoms with Gasteiger partial charge in [-0.25, -0.2) is 0 Å². The Kier molecular flexibility index (Phi) is 5.54. The maximum atomic E-state index is 10.4. The molecule has 0 unspecified atom stereocenters. The Balaban J connectivity index is 1.83. The van der Waals surface area contributed by atoms with Crippen LogP contribution in [0.25, 0.3) is 16.2 Å². The molecule has 0 aliphatic heterocycles. The van der Waals surface area contributed by atoms with Crippen LogP contribution in [0.15, 0.2) is 61.2 Å². The predicted molar refractivity (Wildman–Crippen MR) is 109 cm³/mol. The minimum atomic E-state index is -0.0552. The number of thiophene rings is 1. The lowest BCUT2D eigenvalue weighted by Gasteiger charge is -2.19. The first-order valence-electron chi connectivity index (χ1n) is 8.08. The van der Waals surface area contributed by atoms with Gasteiger partial charge in [-0.2, -0.15) is 5.17 Å². The van der Waals surface area contributed by atoms with Crippen LogP contribution in [0.1, 0.15) is 5.56 Å². The molecular weight excluding hydrogens is 364 g/mol. The van der Waals surface area contributed by atoms with Crippen molar-refractivity contribution >= 4 is 27.8 Å². The molecule has 0 saturated heterocycles. The minimum Gasteiger partial charge on any atom is -0.508 e. The largest absolute Gasteiger partial charge is 0.508 e. The first-order chi connectivity index (χ1) is 13.0. The van der Waals surface area contributed by atoms with Crippen molar-refractivity contribution in [2.75, 3.05) is 24.8 Å². The molecule has 27 heavy (non-hydrogen) atoms. The molecule has 0 saturated carbocycles. The molecule has 0 aliphatic rings. The topological polar surface area (TPSA) is 74.2 Å². The molecule has 6 nitrogen and oxygen atoms in total. The fraction of sp³-hybridized carbons (Fsp3) is 0.100. The molecule has 0 fully saturated rings. The highest BCUT2D eigenvalue weighted by Gasteiger charge is 2.14. The van der Waals surface area contributed by atoms with E-state index >= 15 is 0 Å². The standard InChI is InChI=1S/C20H20N2O4S/c1-13(23)14-8-9-16(18(12-14)26-3)21-22(24)20-11-10-19(27-20)15-6-4-5-7-17(15)25-2/h4-12,21,23-24H,1H2,2-3H3. The summed E-state index contributed by atoms with van der Waals surface area (Å²) in [5.41, 5.74) is 4.90. The Hall–Kier alpha value is -3.16. The van der Waals surface area contributed by atoms with Crippen LogP contribution in [0.4, 0.5) is 10.7 Å². The van der Waals surface area contributed by atoms with Crippen molar-refractivity contribution in [3.05, 3.63) is 66.7 Å². The summed E-state index contributed by atoms with van der Waals surface area (Å²) >= 11 is 1.40. The smallest absolute Gasteiger partial charge is 0.144 e. The second kappa shape index (κ2) is 8.03. The molecule has 7 heteroatoms. The van der Waals surface area contributed by atoms with Gasteiger partial charge in [0, 0.05) is 16.0 Å². The number of hydrogen-bond acceptors (Lipinski definition) is 7. The van der Waals surface area contributed by atoms with Crippen molar-refractivity contribution in [2.24, 2.45) is 0 Å². The summed E-state index contributed by atoms with van der Waals surface area (Å²) in [6, 6.07) is 16.4. The van der Waals surface area contributed by atoms with Crippen molar-refractivity contribution in [1.82, 2.24) is 0 Å². The van der Waals surface area contributed by atoms with Crippen LogP contribution in [0.2, 0.25) is 0 Å². The second-order valence-corrected chi connectivity index (χ2v) is 6.69. The number of aliphatic hydroxyl groups is 1. The molecule has 1 aromatic heterocycles. The van der Waals surface area contributed by atoms with Gasteiger partial charge in [0.1, 0.15) is 22.3 Å². The summed E-state index contributed by atoms with van der Waals surface area (Å²) in [4.78, 5) is 0.960. The number of nitrogens with zero attached hydrogens (tertiary/aromatic N) is 1. The molecule has 2 aromatic carbocycles. The summed E-state index contributed by atoms with van der Waals surface area (Å²) in [5, 5.41) is 21.5. The van der Waals surface area contributed by atoms with E-state index in [2.05, 4.69) is 12.0 Å². The molecule has 0 bridgehead atoms. The highest BCUT2D eigenvalue weighted by molar-refractivity contribution is 7.19. The molecule has 140 valence electrons. The Morgan fingerprint density at radius 2 is 1.78 bits per heavy atom. The van der Waals surface area contributed by atoms with Crippen molar-refractivity contribution in [1.29, 1.82) is 0 Å². The summed E-state index contributed by atoms with van der Waals surface area (Å²) in [5.74, 6) is 1.17. The van der Waals surface area contributed by atoms with Crippen molar-refractivity contribution in [2.45, 2.75) is 0 Å². The van der Waals surface area contributed by atoms with E-state index in [0.29, 0.717) is 22.0 Å². The van der Waals surface area contributed by atoms with Crippen LogP contribution in [0, 0.1) is 0 Å². The predicted octanol–water partition coefficient (Wildman–Crippen LogP) is 5.18. The van der Waals surface area contributed by atoms with E-state index in [9.17, 15) is 10.3 Å². The average Bonchev–Trinajstić information content (AvgIpc) is 3.18. The number of nitrogens with one attached hydrogen (secondary N) is 1. The van der Waals surface area contributed by atoms with Crippen LogP contribution in [0.3, 0.4) is 0 Å². The number of methoxy groups -OCH3 is 2. The van der Waals surface area contributed by atoms with Crippen LogP contribution in [-0.2, 0) is 0 Å². The molecule has 3 N–H and O–H groups in total. The van der Waals surface area contributed by atoms with Gasteiger partial charge < -0.3 is 14.6 Å². The van der Waals surface area contributed by atoms with Crippen LogP contribution in [-0.4, -0.2) is 24.5 Å². The summed E-state index contributed by atoms with van der Waals surface area (Å²) in [6.45, 7) is 3.50. The summed E-state index contributed by atoms with van der Waals surface area (Å²) < 4.78 is 10.7. The normalized spacial score (nSPS) is 10.3. The molecule has 1 heterocycles. The number of anilines is 2. The fourth-order valence-electron chi connectivity index (χ4n) is 2.57. The third-order valence-corrected chi connectivity index (χ3v) is 5.03. The van der Waals surface area contributed by atoms with E-state index in [4.69, 9.17) is 9.47 Å².